The summed E-state index contributed by atoms with van der Waals surface area (Å²) >= 11 is 0. The maximum Gasteiger partial charge on any atom is 0.243 e. The number of amides is 1. The Hall–Kier alpha value is -3.05. The predicted molar refractivity (Wildman–Crippen MR) is 151 cm³/mol. The topological polar surface area (TPSA) is 113 Å². The Labute approximate surface area is 231 Å². The first-order valence-corrected chi connectivity index (χ1v) is 16.1. The molecule has 1 saturated heterocycles. The molecule has 4 rings (SSSR count). The van der Waals surface area contributed by atoms with Crippen molar-refractivity contribution in [3.63, 3.8) is 0 Å². The molecule has 0 aliphatic carbocycles. The number of hydrogen-bond donors (Lipinski definition) is 2. The summed E-state index contributed by atoms with van der Waals surface area (Å²) in [5, 5.41) is 2.86. The molecule has 0 spiro atoms. The fourth-order valence-electron chi connectivity index (χ4n) is 4.53. The Morgan fingerprint density at radius 2 is 1.38 bits per heavy atom. The minimum absolute atomic E-state index is 0.143. The van der Waals surface area contributed by atoms with Crippen molar-refractivity contribution in [2.45, 2.75) is 61.4 Å². The molecule has 208 valence electrons. The van der Waals surface area contributed by atoms with Gasteiger partial charge in [-0.1, -0.05) is 61.0 Å². The van der Waals surface area contributed by atoms with Crippen LogP contribution in [0.3, 0.4) is 0 Å². The van der Waals surface area contributed by atoms with Gasteiger partial charge in [-0.15, -0.1) is 0 Å². The number of hydrogen-bond acceptors (Lipinski definition) is 5. The molecule has 1 aliphatic rings. The number of aryl methyl sites for hydroxylation is 1. The molecule has 0 radical (unpaired) electrons. The number of carbonyl (C=O) groups excluding carboxylic acids is 1. The Morgan fingerprint density at radius 3 is 2.03 bits per heavy atom. The number of rotatable bonds is 11. The van der Waals surface area contributed by atoms with Crippen molar-refractivity contribution < 1.29 is 21.6 Å². The van der Waals surface area contributed by atoms with Crippen molar-refractivity contribution in [3.8, 4) is 0 Å². The second-order valence-electron chi connectivity index (χ2n) is 9.78. The van der Waals surface area contributed by atoms with Gasteiger partial charge in [-0.2, -0.15) is 4.31 Å². The van der Waals surface area contributed by atoms with E-state index in [0.717, 1.165) is 36.0 Å². The van der Waals surface area contributed by atoms with Crippen LogP contribution in [0, 0.1) is 0 Å². The Bertz CT molecular complexity index is 1450. The Morgan fingerprint density at radius 1 is 0.795 bits per heavy atom. The number of sulfonamides is 2. The second kappa shape index (κ2) is 12.9. The highest BCUT2D eigenvalue weighted by atomic mass is 32.2. The minimum atomic E-state index is -3.68. The van der Waals surface area contributed by atoms with Crippen LogP contribution >= 0.6 is 0 Å². The normalized spacial score (nSPS) is 15.5. The standard InChI is InChI=1S/C29H35N3O5S2/c1-23(26-8-4-2-5-9-26)31-38(34,35)27-15-10-24(11-16-27)14-19-29(33)30-22-25-12-17-28(18-13-25)39(36,37)32-20-6-3-7-21-32/h2,4-5,8-13,15-18,23,31H,3,6-7,14,19-22H2,1H3,(H,30,33)/t23-/m1/s1. The first kappa shape index (κ1) is 28.9. The van der Waals surface area contributed by atoms with Crippen molar-refractivity contribution in [1.82, 2.24) is 14.3 Å². The highest BCUT2D eigenvalue weighted by Crippen LogP contribution is 2.21. The molecule has 0 aromatic heterocycles. The van der Waals surface area contributed by atoms with Crippen LogP contribution in [0.15, 0.2) is 88.7 Å². The van der Waals surface area contributed by atoms with Gasteiger partial charge in [-0.05, 0) is 67.1 Å². The van der Waals surface area contributed by atoms with E-state index in [1.165, 1.54) is 4.31 Å². The molecule has 0 unspecified atom stereocenters. The molecule has 3 aromatic rings. The van der Waals surface area contributed by atoms with Crippen LogP contribution in [0.4, 0.5) is 0 Å². The van der Waals surface area contributed by atoms with Crippen LogP contribution in [-0.4, -0.2) is 40.1 Å². The van der Waals surface area contributed by atoms with Crippen molar-refractivity contribution >= 4 is 26.0 Å². The lowest BCUT2D eigenvalue weighted by atomic mass is 10.1. The number of benzene rings is 3. The molecule has 1 atom stereocenters. The Kier molecular flexibility index (Phi) is 9.55. The van der Waals surface area contributed by atoms with Crippen molar-refractivity contribution in [3.05, 3.63) is 95.6 Å². The molecular formula is C29H35N3O5S2. The van der Waals surface area contributed by atoms with Crippen LogP contribution in [0.2, 0.25) is 0 Å². The van der Waals surface area contributed by atoms with Gasteiger partial charge in [0.05, 0.1) is 9.79 Å². The van der Waals surface area contributed by atoms with E-state index < -0.39 is 20.0 Å². The predicted octanol–water partition coefficient (Wildman–Crippen LogP) is 4.15. The third kappa shape index (κ3) is 7.76. The summed E-state index contributed by atoms with van der Waals surface area (Å²) in [7, 11) is -7.16. The van der Waals surface area contributed by atoms with Gasteiger partial charge >= 0.3 is 0 Å². The van der Waals surface area contributed by atoms with Gasteiger partial charge < -0.3 is 5.32 Å². The maximum atomic E-state index is 12.8. The van der Waals surface area contributed by atoms with Crippen LogP contribution in [0.1, 0.15) is 55.3 Å². The minimum Gasteiger partial charge on any atom is -0.352 e. The molecule has 1 amide bonds. The van der Waals surface area contributed by atoms with Gasteiger partial charge in [0.25, 0.3) is 0 Å². The fraction of sp³-hybridized carbons (Fsp3) is 0.345. The molecule has 2 N–H and O–H groups in total. The monoisotopic (exact) mass is 569 g/mol. The van der Waals surface area contributed by atoms with Gasteiger partial charge in [0, 0.05) is 32.1 Å². The van der Waals surface area contributed by atoms with E-state index in [1.807, 2.05) is 30.3 Å². The zero-order valence-corrected chi connectivity index (χ0v) is 23.7. The van der Waals surface area contributed by atoms with E-state index in [-0.39, 0.29) is 28.2 Å². The molecule has 1 fully saturated rings. The summed E-state index contributed by atoms with van der Waals surface area (Å²) in [5.41, 5.74) is 2.54. The largest absolute Gasteiger partial charge is 0.352 e. The molecule has 1 aliphatic heterocycles. The van der Waals surface area contributed by atoms with Gasteiger partial charge in [-0.25, -0.2) is 21.6 Å². The van der Waals surface area contributed by atoms with Crippen molar-refractivity contribution in [2.75, 3.05) is 13.1 Å². The highest BCUT2D eigenvalue weighted by molar-refractivity contribution is 7.89. The third-order valence-corrected chi connectivity index (χ3v) is 10.3. The summed E-state index contributed by atoms with van der Waals surface area (Å²) in [5.74, 6) is -0.143. The van der Waals surface area contributed by atoms with Crippen molar-refractivity contribution in [2.24, 2.45) is 0 Å². The summed E-state index contributed by atoms with van der Waals surface area (Å²) in [6.07, 6.45) is 3.55. The SMILES string of the molecule is C[C@@H](NS(=O)(=O)c1ccc(CCC(=O)NCc2ccc(S(=O)(=O)N3CCCCC3)cc2)cc1)c1ccccc1. The third-order valence-electron chi connectivity index (χ3n) is 6.87. The smallest absolute Gasteiger partial charge is 0.243 e. The number of nitrogens with zero attached hydrogens (tertiary/aromatic N) is 1. The molecule has 39 heavy (non-hydrogen) atoms. The molecule has 0 saturated carbocycles. The van der Waals surface area contributed by atoms with Gasteiger partial charge in [0.15, 0.2) is 0 Å². The fourth-order valence-corrected chi connectivity index (χ4v) is 7.28. The number of nitrogens with one attached hydrogen (secondary N) is 2. The number of carbonyl (C=O) groups is 1. The summed E-state index contributed by atoms with van der Waals surface area (Å²) in [4.78, 5) is 12.8. The van der Waals surface area contributed by atoms with Gasteiger partial charge in [-0.3, -0.25) is 4.79 Å². The van der Waals surface area contributed by atoms with E-state index in [0.29, 0.717) is 26.1 Å². The van der Waals surface area contributed by atoms with E-state index in [2.05, 4.69) is 10.0 Å². The molecule has 3 aromatic carbocycles. The van der Waals surface area contributed by atoms with Crippen LogP contribution in [-0.2, 0) is 37.8 Å². The van der Waals surface area contributed by atoms with Crippen LogP contribution < -0.4 is 10.0 Å². The number of piperidine rings is 1. The average molecular weight is 570 g/mol. The summed E-state index contributed by atoms with van der Waals surface area (Å²) in [6, 6.07) is 22.2. The quantitative estimate of drug-likeness (QED) is 0.360. The average Bonchev–Trinajstić information content (AvgIpc) is 2.96. The molecule has 10 heteroatoms. The van der Waals surface area contributed by atoms with Crippen LogP contribution in [0.5, 0.6) is 0 Å². The van der Waals surface area contributed by atoms with Crippen LogP contribution in [0.25, 0.3) is 0 Å². The summed E-state index contributed by atoms with van der Waals surface area (Å²) in [6.45, 7) is 3.21. The first-order chi connectivity index (χ1) is 18.6. The van der Waals surface area contributed by atoms with Gasteiger partial charge in [0.2, 0.25) is 26.0 Å². The molecule has 8 nitrogen and oxygen atoms in total. The zero-order chi connectivity index (χ0) is 27.9. The molecule has 1 heterocycles. The summed E-state index contributed by atoms with van der Waals surface area (Å²) < 4.78 is 55.3. The van der Waals surface area contributed by atoms with Crippen molar-refractivity contribution in [1.29, 1.82) is 0 Å². The zero-order valence-electron chi connectivity index (χ0n) is 22.0. The van der Waals surface area contributed by atoms with E-state index >= 15 is 0 Å². The lowest BCUT2D eigenvalue weighted by Crippen LogP contribution is -2.35. The van der Waals surface area contributed by atoms with E-state index in [9.17, 15) is 21.6 Å². The lowest BCUT2D eigenvalue weighted by molar-refractivity contribution is -0.121. The lowest BCUT2D eigenvalue weighted by Gasteiger charge is -2.25. The van der Waals surface area contributed by atoms with E-state index in [1.54, 1.807) is 55.5 Å². The van der Waals surface area contributed by atoms with Gasteiger partial charge in [0.1, 0.15) is 0 Å². The molecule has 0 bridgehead atoms. The van der Waals surface area contributed by atoms with E-state index in [4.69, 9.17) is 0 Å². The Balaban J connectivity index is 1.24. The maximum absolute atomic E-state index is 12.8. The highest BCUT2D eigenvalue weighted by Gasteiger charge is 2.25. The molecular weight excluding hydrogens is 534 g/mol. The first-order valence-electron chi connectivity index (χ1n) is 13.2. The second-order valence-corrected chi connectivity index (χ2v) is 13.4.